The van der Waals surface area contributed by atoms with Crippen LogP contribution < -0.4 is 10.5 Å². The molecule has 0 fully saturated rings. The summed E-state index contributed by atoms with van der Waals surface area (Å²) < 4.78 is 5.65. The van der Waals surface area contributed by atoms with Crippen LogP contribution >= 0.6 is 0 Å². The Morgan fingerprint density at radius 1 is 1.37 bits per heavy atom. The summed E-state index contributed by atoms with van der Waals surface area (Å²) in [6.45, 7) is 7.02. The molecule has 3 nitrogen and oxygen atoms in total. The molecule has 1 aromatic carbocycles. The summed E-state index contributed by atoms with van der Waals surface area (Å²) in [5, 5.41) is 0. The van der Waals surface area contributed by atoms with Gasteiger partial charge in [-0.2, -0.15) is 0 Å². The Labute approximate surface area is 116 Å². The standard InChI is InChI=1S/C16H26N2O/c1-16(2,17)8-9-18(3)12-13-6-7-15-14(11-13)5-4-10-19-15/h6-7,11H,4-5,8-10,12,17H2,1-3H3. The lowest BCUT2D eigenvalue weighted by Crippen LogP contribution is -2.36. The Balaban J connectivity index is 1.92. The molecular formula is C16H26N2O. The molecule has 1 aliphatic rings. The van der Waals surface area contributed by atoms with Gasteiger partial charge in [-0.25, -0.2) is 0 Å². The fraction of sp³-hybridized carbons (Fsp3) is 0.625. The van der Waals surface area contributed by atoms with Gasteiger partial charge in [0.05, 0.1) is 6.61 Å². The topological polar surface area (TPSA) is 38.5 Å². The van der Waals surface area contributed by atoms with Crippen molar-refractivity contribution in [3.63, 3.8) is 0 Å². The van der Waals surface area contributed by atoms with Gasteiger partial charge >= 0.3 is 0 Å². The van der Waals surface area contributed by atoms with Crippen LogP contribution in [0, 0.1) is 0 Å². The van der Waals surface area contributed by atoms with Gasteiger partial charge in [-0.3, -0.25) is 0 Å². The van der Waals surface area contributed by atoms with E-state index < -0.39 is 0 Å². The first-order chi connectivity index (χ1) is 8.94. The molecule has 1 aliphatic heterocycles. The van der Waals surface area contributed by atoms with E-state index in [9.17, 15) is 0 Å². The predicted octanol–water partition coefficient (Wildman–Crippen LogP) is 2.57. The van der Waals surface area contributed by atoms with Crippen molar-refractivity contribution < 1.29 is 4.74 Å². The predicted molar refractivity (Wildman–Crippen MR) is 79.5 cm³/mol. The summed E-state index contributed by atoms with van der Waals surface area (Å²) in [5.41, 5.74) is 8.66. The van der Waals surface area contributed by atoms with E-state index in [1.807, 2.05) is 0 Å². The van der Waals surface area contributed by atoms with Crippen LogP contribution in [0.15, 0.2) is 18.2 Å². The second kappa shape index (κ2) is 5.93. The van der Waals surface area contributed by atoms with Gasteiger partial charge in [0.1, 0.15) is 5.75 Å². The monoisotopic (exact) mass is 262 g/mol. The lowest BCUT2D eigenvalue weighted by molar-refractivity contribution is 0.283. The minimum Gasteiger partial charge on any atom is -0.493 e. The fourth-order valence-electron chi connectivity index (χ4n) is 2.38. The van der Waals surface area contributed by atoms with E-state index in [1.165, 1.54) is 11.1 Å². The number of hydrogen-bond acceptors (Lipinski definition) is 3. The van der Waals surface area contributed by atoms with Crippen LogP contribution in [-0.4, -0.2) is 30.6 Å². The highest BCUT2D eigenvalue weighted by Gasteiger charge is 2.13. The number of aryl methyl sites for hydroxylation is 1. The first-order valence-electron chi connectivity index (χ1n) is 7.16. The van der Waals surface area contributed by atoms with E-state index in [0.717, 1.165) is 44.7 Å². The molecule has 0 unspecified atom stereocenters. The molecule has 0 atom stereocenters. The van der Waals surface area contributed by atoms with Crippen molar-refractivity contribution in [3.8, 4) is 5.75 Å². The molecule has 2 N–H and O–H groups in total. The molecule has 0 radical (unpaired) electrons. The van der Waals surface area contributed by atoms with Crippen LogP contribution in [0.3, 0.4) is 0 Å². The normalized spacial score (nSPS) is 15.2. The van der Waals surface area contributed by atoms with Crippen molar-refractivity contribution in [3.05, 3.63) is 29.3 Å². The first kappa shape index (κ1) is 14.4. The van der Waals surface area contributed by atoms with Gasteiger partial charge in [-0.15, -0.1) is 0 Å². The molecule has 0 aromatic heterocycles. The number of benzene rings is 1. The van der Waals surface area contributed by atoms with Crippen molar-refractivity contribution in [2.45, 2.75) is 45.2 Å². The van der Waals surface area contributed by atoms with Gasteiger partial charge in [-0.1, -0.05) is 12.1 Å². The summed E-state index contributed by atoms with van der Waals surface area (Å²) >= 11 is 0. The lowest BCUT2D eigenvalue weighted by Gasteiger charge is -2.24. The number of nitrogens with zero attached hydrogens (tertiary/aromatic N) is 1. The Bertz CT molecular complexity index is 423. The number of nitrogens with two attached hydrogens (primary N) is 1. The number of ether oxygens (including phenoxy) is 1. The molecule has 0 saturated heterocycles. The molecular weight excluding hydrogens is 236 g/mol. The molecule has 2 rings (SSSR count). The Morgan fingerprint density at radius 3 is 2.89 bits per heavy atom. The van der Waals surface area contributed by atoms with Crippen molar-refractivity contribution >= 4 is 0 Å². The van der Waals surface area contributed by atoms with Crippen molar-refractivity contribution in [2.75, 3.05) is 20.2 Å². The van der Waals surface area contributed by atoms with Gasteiger partial charge in [0, 0.05) is 12.1 Å². The summed E-state index contributed by atoms with van der Waals surface area (Å²) in [4.78, 5) is 2.33. The van der Waals surface area contributed by atoms with E-state index in [0.29, 0.717) is 0 Å². The lowest BCUT2D eigenvalue weighted by atomic mass is 10.0. The van der Waals surface area contributed by atoms with Crippen LogP contribution in [0.4, 0.5) is 0 Å². The van der Waals surface area contributed by atoms with E-state index in [4.69, 9.17) is 10.5 Å². The van der Waals surface area contributed by atoms with Crippen LogP contribution in [-0.2, 0) is 13.0 Å². The van der Waals surface area contributed by atoms with Gasteiger partial charge in [0.15, 0.2) is 0 Å². The average molecular weight is 262 g/mol. The highest BCUT2D eigenvalue weighted by Crippen LogP contribution is 2.25. The second-order valence-corrected chi connectivity index (χ2v) is 6.37. The molecule has 1 aromatic rings. The summed E-state index contributed by atoms with van der Waals surface area (Å²) in [5.74, 6) is 1.07. The second-order valence-electron chi connectivity index (χ2n) is 6.37. The molecule has 19 heavy (non-hydrogen) atoms. The number of rotatable bonds is 5. The highest BCUT2D eigenvalue weighted by atomic mass is 16.5. The van der Waals surface area contributed by atoms with E-state index in [1.54, 1.807) is 0 Å². The number of fused-ring (bicyclic) bond motifs is 1. The van der Waals surface area contributed by atoms with E-state index in [-0.39, 0.29) is 5.54 Å². The summed E-state index contributed by atoms with van der Waals surface area (Å²) in [6.07, 6.45) is 3.29. The maximum atomic E-state index is 6.03. The zero-order valence-electron chi connectivity index (χ0n) is 12.4. The highest BCUT2D eigenvalue weighted by molar-refractivity contribution is 5.38. The minimum atomic E-state index is -0.0854. The summed E-state index contributed by atoms with van der Waals surface area (Å²) in [6, 6.07) is 6.58. The molecule has 0 bridgehead atoms. The summed E-state index contributed by atoms with van der Waals surface area (Å²) in [7, 11) is 2.15. The van der Waals surface area contributed by atoms with Crippen molar-refractivity contribution in [1.82, 2.24) is 4.90 Å². The first-order valence-corrected chi connectivity index (χ1v) is 7.16. The molecule has 0 spiro atoms. The Hall–Kier alpha value is -1.06. The SMILES string of the molecule is CN(CCC(C)(C)N)Cc1ccc2c(c1)CCCO2. The van der Waals surface area contributed by atoms with Gasteiger partial charge in [0.25, 0.3) is 0 Å². The maximum Gasteiger partial charge on any atom is 0.122 e. The minimum absolute atomic E-state index is 0.0854. The number of hydrogen-bond donors (Lipinski definition) is 1. The van der Waals surface area contributed by atoms with E-state index in [2.05, 4.69) is 44.0 Å². The third-order valence-electron chi connectivity index (χ3n) is 3.56. The van der Waals surface area contributed by atoms with Crippen LogP contribution in [0.1, 0.15) is 37.8 Å². The van der Waals surface area contributed by atoms with Crippen LogP contribution in [0.2, 0.25) is 0 Å². The smallest absolute Gasteiger partial charge is 0.122 e. The largest absolute Gasteiger partial charge is 0.493 e. The molecule has 1 heterocycles. The Kier molecular flexibility index (Phi) is 4.48. The van der Waals surface area contributed by atoms with Gasteiger partial charge < -0.3 is 15.4 Å². The molecule has 106 valence electrons. The fourth-order valence-corrected chi connectivity index (χ4v) is 2.38. The maximum absolute atomic E-state index is 6.03. The molecule has 0 amide bonds. The van der Waals surface area contributed by atoms with Crippen molar-refractivity contribution in [2.24, 2.45) is 5.73 Å². The Morgan fingerprint density at radius 2 is 2.16 bits per heavy atom. The molecule has 0 aliphatic carbocycles. The van der Waals surface area contributed by atoms with Gasteiger partial charge in [-0.05, 0) is 63.9 Å². The average Bonchev–Trinajstić information content (AvgIpc) is 2.35. The molecule has 0 saturated carbocycles. The van der Waals surface area contributed by atoms with Gasteiger partial charge in [0.2, 0.25) is 0 Å². The molecule has 3 heteroatoms. The van der Waals surface area contributed by atoms with Crippen LogP contribution in [0.25, 0.3) is 0 Å². The third kappa shape index (κ3) is 4.51. The van der Waals surface area contributed by atoms with E-state index >= 15 is 0 Å². The zero-order chi connectivity index (χ0) is 13.9. The third-order valence-corrected chi connectivity index (χ3v) is 3.56. The zero-order valence-corrected chi connectivity index (χ0v) is 12.4. The van der Waals surface area contributed by atoms with Crippen LogP contribution in [0.5, 0.6) is 5.75 Å². The quantitative estimate of drug-likeness (QED) is 0.886. The van der Waals surface area contributed by atoms with Crippen molar-refractivity contribution in [1.29, 1.82) is 0 Å².